The van der Waals surface area contributed by atoms with Crippen molar-refractivity contribution < 1.29 is 0 Å². The number of hydrogen-bond donors (Lipinski definition) is 1. The summed E-state index contributed by atoms with van der Waals surface area (Å²) in [6.45, 7) is 30.7. The van der Waals surface area contributed by atoms with Crippen LogP contribution in [0.25, 0.3) is 38.6 Å². The highest BCUT2D eigenvalue weighted by atomic mass is 14.9. The molecule has 256 valence electrons. The normalized spacial score (nSPS) is 16.1. The van der Waals surface area contributed by atoms with Crippen molar-refractivity contribution >= 4 is 27.7 Å². The van der Waals surface area contributed by atoms with E-state index in [1.807, 2.05) is 33.8 Å². The average Bonchev–Trinajstić information content (AvgIpc) is 3.57. The molecule has 8 rings (SSSR count). The van der Waals surface area contributed by atoms with E-state index in [9.17, 15) is 0 Å². The first-order valence-corrected chi connectivity index (χ1v) is 18.6. The van der Waals surface area contributed by atoms with Crippen molar-refractivity contribution in [3.63, 3.8) is 0 Å². The number of benzene rings is 5. The second-order valence-electron chi connectivity index (χ2n) is 15.4. The maximum atomic E-state index is 4.17. The van der Waals surface area contributed by atoms with Gasteiger partial charge in [-0.1, -0.05) is 142 Å². The molecule has 1 nitrogen and oxygen atoms in total. The number of fused-ring (bicyclic) bond motifs is 9. The summed E-state index contributed by atoms with van der Waals surface area (Å²) in [7, 11) is 0. The minimum Gasteiger partial charge on any atom is -0.356 e. The third kappa shape index (κ3) is 5.12. The average molecular weight is 658 g/mol. The third-order valence-corrected chi connectivity index (χ3v) is 11.2. The van der Waals surface area contributed by atoms with Gasteiger partial charge >= 0.3 is 0 Å². The van der Waals surface area contributed by atoms with E-state index >= 15 is 0 Å². The monoisotopic (exact) mass is 657 g/mol. The van der Waals surface area contributed by atoms with Crippen molar-refractivity contribution in [1.29, 1.82) is 0 Å². The molecule has 0 saturated carbocycles. The Morgan fingerprint density at radius 2 is 1.10 bits per heavy atom. The summed E-state index contributed by atoms with van der Waals surface area (Å²) in [5.74, 6) is 0. The van der Waals surface area contributed by atoms with Gasteiger partial charge < -0.3 is 5.32 Å². The molecule has 0 aliphatic heterocycles. The molecule has 5 aromatic rings. The summed E-state index contributed by atoms with van der Waals surface area (Å²) in [6, 6.07) is 32.3. The van der Waals surface area contributed by atoms with Crippen LogP contribution in [0.15, 0.2) is 115 Å². The summed E-state index contributed by atoms with van der Waals surface area (Å²) in [5.41, 5.74) is 19.7. The predicted molar refractivity (Wildman–Crippen MR) is 221 cm³/mol. The molecule has 3 aliphatic rings. The van der Waals surface area contributed by atoms with E-state index in [1.165, 1.54) is 83.1 Å². The maximum absolute atomic E-state index is 4.17. The Balaban J connectivity index is 0.00000104. The van der Waals surface area contributed by atoms with Gasteiger partial charge in [0.05, 0.1) is 0 Å². The summed E-state index contributed by atoms with van der Waals surface area (Å²) in [6.07, 6.45) is 4.34. The van der Waals surface area contributed by atoms with Crippen LogP contribution in [0.5, 0.6) is 0 Å². The largest absolute Gasteiger partial charge is 0.356 e. The van der Waals surface area contributed by atoms with E-state index in [2.05, 4.69) is 158 Å². The first kappa shape index (κ1) is 35.2. The third-order valence-electron chi connectivity index (χ3n) is 11.2. The van der Waals surface area contributed by atoms with Gasteiger partial charge in [-0.15, -0.1) is 0 Å². The standard InChI is InChI=1S/C45H43N.2C2H6/c1-10-30-32-18-16-28(22-38(32)44(6,7)37(30)21-26(2)3)46-29-17-19-33-34-24-41-35(25-40(34)45(8,9)39(33)23-29)42-31-14-12-11-13-27(31)15-20-36(42)43(41,4)5;2*1-2/h10-25,46H,1H2,2-9H3;2*1-2H3. The Morgan fingerprint density at radius 1 is 0.560 bits per heavy atom. The molecule has 0 fully saturated rings. The highest BCUT2D eigenvalue weighted by Crippen LogP contribution is 2.57. The van der Waals surface area contributed by atoms with Crippen LogP contribution in [0.2, 0.25) is 0 Å². The molecule has 0 aromatic heterocycles. The minimum atomic E-state index is -0.114. The van der Waals surface area contributed by atoms with Crippen molar-refractivity contribution in [3.05, 3.63) is 148 Å². The van der Waals surface area contributed by atoms with Crippen LogP contribution >= 0.6 is 0 Å². The van der Waals surface area contributed by atoms with E-state index < -0.39 is 0 Å². The predicted octanol–water partition coefficient (Wildman–Crippen LogP) is 14.4. The van der Waals surface area contributed by atoms with Gasteiger partial charge in [0.25, 0.3) is 0 Å². The summed E-state index contributed by atoms with van der Waals surface area (Å²) in [5, 5.41) is 6.45. The number of rotatable bonds is 4. The number of allylic oxidation sites excluding steroid dienone is 5. The molecule has 0 atom stereocenters. The van der Waals surface area contributed by atoms with Crippen LogP contribution in [0.1, 0.15) is 116 Å². The van der Waals surface area contributed by atoms with Crippen molar-refractivity contribution in [3.8, 4) is 22.3 Å². The molecule has 5 aromatic carbocycles. The minimum absolute atomic E-state index is 0.0503. The molecule has 0 heterocycles. The fraction of sp³-hybridized carbons (Fsp3) is 0.306. The Kier molecular flexibility index (Phi) is 8.88. The van der Waals surface area contributed by atoms with Crippen LogP contribution < -0.4 is 5.32 Å². The molecular formula is C49H55N. The molecule has 1 heteroatoms. The topological polar surface area (TPSA) is 12.0 Å². The Labute approximate surface area is 301 Å². The van der Waals surface area contributed by atoms with Gasteiger partial charge in [0.2, 0.25) is 0 Å². The van der Waals surface area contributed by atoms with E-state index in [4.69, 9.17) is 0 Å². The van der Waals surface area contributed by atoms with Crippen molar-refractivity contribution in [1.82, 2.24) is 0 Å². The van der Waals surface area contributed by atoms with Crippen LogP contribution in [0.4, 0.5) is 11.4 Å². The van der Waals surface area contributed by atoms with Crippen LogP contribution in [0.3, 0.4) is 0 Å². The zero-order valence-electron chi connectivity index (χ0n) is 32.4. The summed E-state index contributed by atoms with van der Waals surface area (Å²) >= 11 is 0. The molecule has 0 radical (unpaired) electrons. The van der Waals surface area contributed by atoms with Crippen LogP contribution in [0, 0.1) is 0 Å². The first-order chi connectivity index (χ1) is 23.8. The second-order valence-corrected chi connectivity index (χ2v) is 15.4. The summed E-state index contributed by atoms with van der Waals surface area (Å²) < 4.78 is 0. The lowest BCUT2D eigenvalue weighted by atomic mass is 9.79. The van der Waals surface area contributed by atoms with Gasteiger partial charge in [-0.3, -0.25) is 0 Å². The number of anilines is 2. The van der Waals surface area contributed by atoms with Crippen LogP contribution in [-0.4, -0.2) is 0 Å². The Hall–Kier alpha value is -4.62. The molecule has 0 spiro atoms. The van der Waals surface area contributed by atoms with E-state index in [0.717, 1.165) is 11.4 Å². The molecule has 0 bridgehead atoms. The molecule has 0 amide bonds. The summed E-state index contributed by atoms with van der Waals surface area (Å²) in [4.78, 5) is 0. The Bertz CT molecular complexity index is 2230. The quantitative estimate of drug-likeness (QED) is 0.203. The smallest absolute Gasteiger partial charge is 0.0387 e. The van der Waals surface area contributed by atoms with Crippen molar-refractivity contribution in [2.45, 2.75) is 99.3 Å². The molecule has 50 heavy (non-hydrogen) atoms. The maximum Gasteiger partial charge on any atom is 0.0387 e. The fourth-order valence-corrected chi connectivity index (χ4v) is 8.74. The molecule has 1 N–H and O–H groups in total. The van der Waals surface area contributed by atoms with E-state index in [0.29, 0.717) is 0 Å². The van der Waals surface area contributed by atoms with E-state index in [-0.39, 0.29) is 16.2 Å². The second kappa shape index (κ2) is 12.6. The zero-order valence-corrected chi connectivity index (χ0v) is 32.4. The van der Waals surface area contributed by atoms with Gasteiger partial charge in [-0.05, 0) is 128 Å². The van der Waals surface area contributed by atoms with Gasteiger partial charge in [-0.25, -0.2) is 0 Å². The SMILES string of the molecule is C=CC1=C(C=C(C)C)C(C)(C)c2cc(Nc3ccc4c(c3)C(C)(C)c3cc5c(cc3-4)C(C)(C)c3ccc4ccccc4c3-5)ccc21.CC.CC. The fourth-order valence-electron chi connectivity index (χ4n) is 8.74. The lowest BCUT2D eigenvalue weighted by Crippen LogP contribution is -2.17. The van der Waals surface area contributed by atoms with Crippen molar-refractivity contribution in [2.75, 3.05) is 5.32 Å². The van der Waals surface area contributed by atoms with Gasteiger partial charge in [0.1, 0.15) is 0 Å². The number of hydrogen-bond acceptors (Lipinski definition) is 1. The highest BCUT2D eigenvalue weighted by Gasteiger charge is 2.42. The van der Waals surface area contributed by atoms with Gasteiger partial charge in [0, 0.05) is 27.6 Å². The highest BCUT2D eigenvalue weighted by molar-refractivity contribution is 6.03. The van der Waals surface area contributed by atoms with Crippen LogP contribution in [-0.2, 0) is 16.2 Å². The lowest BCUT2D eigenvalue weighted by molar-refractivity contribution is 0.652. The lowest BCUT2D eigenvalue weighted by Gasteiger charge is -2.25. The molecule has 0 unspecified atom stereocenters. The van der Waals surface area contributed by atoms with E-state index in [1.54, 1.807) is 0 Å². The van der Waals surface area contributed by atoms with Gasteiger partial charge in [-0.2, -0.15) is 0 Å². The first-order valence-electron chi connectivity index (χ1n) is 18.6. The zero-order chi connectivity index (χ0) is 36.3. The molecular weight excluding hydrogens is 603 g/mol. The Morgan fingerprint density at radius 3 is 1.74 bits per heavy atom. The molecule has 3 aliphatic carbocycles. The molecule has 0 saturated heterocycles. The number of nitrogens with one attached hydrogen (secondary N) is 1. The van der Waals surface area contributed by atoms with Gasteiger partial charge in [0.15, 0.2) is 0 Å². The van der Waals surface area contributed by atoms with Crippen molar-refractivity contribution in [2.24, 2.45) is 0 Å².